The number of rotatable bonds is 1. The molecule has 0 bridgehead atoms. The molecular formula is C17H10O5. The van der Waals surface area contributed by atoms with E-state index >= 15 is 0 Å². The van der Waals surface area contributed by atoms with E-state index in [1.165, 1.54) is 7.11 Å². The van der Waals surface area contributed by atoms with Gasteiger partial charge in [0.15, 0.2) is 5.58 Å². The van der Waals surface area contributed by atoms with Gasteiger partial charge in [0, 0.05) is 5.39 Å². The van der Waals surface area contributed by atoms with Gasteiger partial charge in [-0.05, 0) is 24.3 Å². The highest BCUT2D eigenvalue weighted by Crippen LogP contribution is 2.26. The van der Waals surface area contributed by atoms with Gasteiger partial charge in [-0.3, -0.25) is 4.79 Å². The topological polar surface area (TPSA) is 69.7 Å². The highest BCUT2D eigenvalue weighted by molar-refractivity contribution is 6.03. The Bertz CT molecular complexity index is 1150. The van der Waals surface area contributed by atoms with E-state index in [0.717, 1.165) is 0 Å². The van der Waals surface area contributed by atoms with Gasteiger partial charge in [-0.25, -0.2) is 4.79 Å². The Morgan fingerprint density at radius 3 is 2.41 bits per heavy atom. The molecule has 0 aliphatic carbocycles. The fourth-order valence-corrected chi connectivity index (χ4v) is 2.56. The first-order valence-electron chi connectivity index (χ1n) is 6.65. The maximum atomic E-state index is 12.6. The fraction of sp³-hybridized carbons (Fsp3) is 0.0588. The first-order chi connectivity index (χ1) is 10.7. The van der Waals surface area contributed by atoms with Crippen LogP contribution in [-0.4, -0.2) is 7.11 Å². The molecule has 22 heavy (non-hydrogen) atoms. The van der Waals surface area contributed by atoms with E-state index in [4.69, 9.17) is 13.6 Å². The van der Waals surface area contributed by atoms with Crippen LogP contribution in [0.15, 0.2) is 60.9 Å². The van der Waals surface area contributed by atoms with Gasteiger partial charge in [0.05, 0.1) is 17.9 Å². The van der Waals surface area contributed by atoms with E-state index in [1.54, 1.807) is 42.5 Å². The van der Waals surface area contributed by atoms with Gasteiger partial charge in [-0.2, -0.15) is 0 Å². The zero-order chi connectivity index (χ0) is 15.3. The largest absolute Gasteiger partial charge is 0.497 e. The molecule has 108 valence electrons. The second-order valence-electron chi connectivity index (χ2n) is 4.89. The van der Waals surface area contributed by atoms with E-state index < -0.39 is 11.1 Å². The minimum Gasteiger partial charge on any atom is -0.497 e. The molecule has 5 heteroatoms. The molecule has 0 spiro atoms. The molecule has 0 unspecified atom stereocenters. The first-order valence-corrected chi connectivity index (χ1v) is 6.65. The molecule has 0 aliphatic heterocycles. The van der Waals surface area contributed by atoms with E-state index in [-0.39, 0.29) is 11.2 Å². The van der Waals surface area contributed by atoms with E-state index in [0.29, 0.717) is 27.5 Å². The van der Waals surface area contributed by atoms with Gasteiger partial charge in [-0.15, -0.1) is 0 Å². The Morgan fingerprint density at radius 2 is 1.64 bits per heavy atom. The van der Waals surface area contributed by atoms with Crippen LogP contribution in [0.25, 0.3) is 32.9 Å². The van der Waals surface area contributed by atoms with Gasteiger partial charge >= 0.3 is 5.63 Å². The molecule has 0 fully saturated rings. The summed E-state index contributed by atoms with van der Waals surface area (Å²) < 4.78 is 16.1. The molecule has 0 saturated heterocycles. The lowest BCUT2D eigenvalue weighted by molar-refractivity contribution is 0.415. The van der Waals surface area contributed by atoms with Crippen LogP contribution in [0.1, 0.15) is 0 Å². The molecule has 0 atom stereocenters. The average molecular weight is 294 g/mol. The summed E-state index contributed by atoms with van der Waals surface area (Å²) in [7, 11) is 1.51. The Morgan fingerprint density at radius 1 is 0.864 bits per heavy atom. The molecule has 4 aromatic rings. The summed E-state index contributed by atoms with van der Waals surface area (Å²) in [6.45, 7) is 0. The second-order valence-corrected chi connectivity index (χ2v) is 4.89. The molecule has 0 saturated carbocycles. The van der Waals surface area contributed by atoms with Gasteiger partial charge in [0.1, 0.15) is 11.3 Å². The van der Waals surface area contributed by atoms with E-state index in [2.05, 4.69) is 0 Å². The average Bonchev–Trinajstić information content (AvgIpc) is 2.56. The lowest BCUT2D eigenvalue weighted by atomic mass is 10.1. The van der Waals surface area contributed by atoms with Crippen molar-refractivity contribution in [2.45, 2.75) is 0 Å². The van der Waals surface area contributed by atoms with E-state index in [1.807, 2.05) is 0 Å². The summed E-state index contributed by atoms with van der Waals surface area (Å²) >= 11 is 0. The number of fused-ring (bicyclic) bond motifs is 4. The van der Waals surface area contributed by atoms with Crippen LogP contribution in [0.4, 0.5) is 0 Å². The van der Waals surface area contributed by atoms with Crippen LogP contribution in [-0.2, 0) is 0 Å². The van der Waals surface area contributed by atoms with Gasteiger partial charge < -0.3 is 13.6 Å². The number of ether oxygens (including phenoxy) is 1. The summed E-state index contributed by atoms with van der Waals surface area (Å²) in [5, 5.41) is 1.25. The first kappa shape index (κ1) is 12.6. The quantitative estimate of drug-likeness (QED) is 0.398. The van der Waals surface area contributed by atoms with Crippen LogP contribution in [0, 0.1) is 0 Å². The molecule has 5 nitrogen and oxygen atoms in total. The minimum atomic E-state index is -0.558. The van der Waals surface area contributed by atoms with Gasteiger partial charge in [0.2, 0.25) is 11.0 Å². The Hall–Kier alpha value is -3.08. The summed E-state index contributed by atoms with van der Waals surface area (Å²) in [6, 6.07) is 11.8. The van der Waals surface area contributed by atoms with Gasteiger partial charge in [0.25, 0.3) is 0 Å². The van der Waals surface area contributed by atoms with Crippen molar-refractivity contribution in [2.24, 2.45) is 0 Å². The van der Waals surface area contributed by atoms with Crippen molar-refractivity contribution in [1.82, 2.24) is 0 Å². The highest BCUT2D eigenvalue weighted by Gasteiger charge is 2.15. The van der Waals surface area contributed by atoms with Gasteiger partial charge in [-0.1, -0.05) is 18.2 Å². The zero-order valence-electron chi connectivity index (χ0n) is 11.6. The molecule has 2 heterocycles. The number of hydrogen-bond donors (Lipinski definition) is 0. The standard InChI is InChI=1S/C17H10O5/c1-20-9-6-7-13-12(8-9)14(18)16-15(21-13)10-4-2-3-5-11(10)17(19)22-16/h2-8H,1H3. The summed E-state index contributed by atoms with van der Waals surface area (Å²) in [6.07, 6.45) is 0. The van der Waals surface area contributed by atoms with Crippen molar-refractivity contribution in [2.75, 3.05) is 7.11 Å². The second kappa shape index (κ2) is 4.46. The third kappa shape index (κ3) is 1.65. The molecule has 0 radical (unpaired) electrons. The Kier molecular flexibility index (Phi) is 2.56. The Labute approximate surface area is 123 Å². The van der Waals surface area contributed by atoms with Crippen molar-refractivity contribution in [3.05, 3.63) is 63.1 Å². The van der Waals surface area contributed by atoms with Crippen molar-refractivity contribution >= 4 is 32.9 Å². The third-order valence-corrected chi connectivity index (χ3v) is 3.64. The highest BCUT2D eigenvalue weighted by atomic mass is 16.5. The monoisotopic (exact) mass is 294 g/mol. The smallest absolute Gasteiger partial charge is 0.344 e. The van der Waals surface area contributed by atoms with Crippen molar-refractivity contribution in [3.8, 4) is 5.75 Å². The molecule has 0 aliphatic rings. The summed E-state index contributed by atoms with van der Waals surface area (Å²) in [5.41, 5.74) is -0.338. The van der Waals surface area contributed by atoms with Crippen LogP contribution in [0.2, 0.25) is 0 Å². The van der Waals surface area contributed by atoms with Crippen LogP contribution < -0.4 is 15.8 Å². The van der Waals surface area contributed by atoms with Crippen molar-refractivity contribution in [1.29, 1.82) is 0 Å². The minimum absolute atomic E-state index is 0.0792. The maximum Gasteiger partial charge on any atom is 0.344 e. The normalized spacial score (nSPS) is 11.3. The molecular weight excluding hydrogens is 284 g/mol. The number of methoxy groups -OCH3 is 1. The van der Waals surface area contributed by atoms with E-state index in [9.17, 15) is 9.59 Å². The predicted octanol–water partition coefficient (Wildman–Crippen LogP) is 3.06. The SMILES string of the molecule is COc1ccc2oc3c(oc(=O)c4ccccc43)c(=O)c2c1. The molecule has 4 rings (SSSR count). The number of hydrogen-bond acceptors (Lipinski definition) is 5. The molecule has 0 amide bonds. The predicted molar refractivity (Wildman–Crippen MR) is 82.6 cm³/mol. The molecule has 2 aromatic carbocycles. The third-order valence-electron chi connectivity index (χ3n) is 3.64. The lowest BCUT2D eigenvalue weighted by Crippen LogP contribution is -2.08. The fourth-order valence-electron chi connectivity index (χ4n) is 2.56. The number of benzene rings is 2. The lowest BCUT2D eigenvalue weighted by Gasteiger charge is -2.05. The van der Waals surface area contributed by atoms with Crippen molar-refractivity contribution in [3.63, 3.8) is 0 Å². The van der Waals surface area contributed by atoms with Crippen LogP contribution in [0.3, 0.4) is 0 Å². The van der Waals surface area contributed by atoms with Crippen molar-refractivity contribution < 1.29 is 13.6 Å². The van der Waals surface area contributed by atoms with Crippen LogP contribution >= 0.6 is 0 Å². The summed E-state index contributed by atoms with van der Waals surface area (Å²) in [5.74, 6) is 0.530. The molecule has 0 N–H and O–H groups in total. The van der Waals surface area contributed by atoms with Crippen LogP contribution in [0.5, 0.6) is 5.75 Å². The Balaban J connectivity index is 2.29. The zero-order valence-corrected chi connectivity index (χ0v) is 11.6. The summed E-state index contributed by atoms with van der Waals surface area (Å²) in [4.78, 5) is 24.6. The maximum absolute atomic E-state index is 12.6. The molecule has 2 aromatic heterocycles.